The second-order valence-corrected chi connectivity index (χ2v) is 3.98. The van der Waals surface area contributed by atoms with Crippen LogP contribution in [0.1, 0.15) is 24.5 Å². The molecule has 0 heterocycles. The van der Waals surface area contributed by atoms with Gasteiger partial charge in [-0.3, -0.25) is 0 Å². The van der Waals surface area contributed by atoms with Crippen LogP contribution in [0.5, 0.6) is 0 Å². The predicted molar refractivity (Wildman–Crippen MR) is 57.7 cm³/mol. The van der Waals surface area contributed by atoms with Crippen LogP contribution in [0.3, 0.4) is 0 Å². The molecule has 0 aliphatic heterocycles. The highest BCUT2D eigenvalue weighted by Crippen LogP contribution is 2.19. The van der Waals surface area contributed by atoms with Gasteiger partial charge in [-0.15, -0.1) is 11.6 Å². The third kappa shape index (κ3) is 2.49. The summed E-state index contributed by atoms with van der Waals surface area (Å²) in [5.74, 6) is 0.606. The van der Waals surface area contributed by atoms with Crippen LogP contribution in [0, 0.1) is 0 Å². The van der Waals surface area contributed by atoms with Crippen molar-refractivity contribution in [3.8, 4) is 0 Å². The number of halogens is 2. The quantitative estimate of drug-likeness (QED) is 0.704. The molecule has 0 aromatic heterocycles. The van der Waals surface area contributed by atoms with Gasteiger partial charge in [-0.25, -0.2) is 0 Å². The molecule has 0 nitrogen and oxygen atoms in total. The first kappa shape index (κ1) is 10.1. The van der Waals surface area contributed by atoms with Crippen LogP contribution in [0.4, 0.5) is 0 Å². The normalized spacial score (nSPS) is 10.2. The zero-order valence-electron chi connectivity index (χ0n) is 7.11. The van der Waals surface area contributed by atoms with E-state index in [9.17, 15) is 0 Å². The molecule has 0 aliphatic rings. The van der Waals surface area contributed by atoms with Crippen molar-refractivity contribution in [2.75, 3.05) is 0 Å². The number of aryl methyl sites for hydroxylation is 1. The smallest absolute Gasteiger partial charge is 0.0477 e. The molecule has 1 rings (SSSR count). The summed E-state index contributed by atoms with van der Waals surface area (Å²) in [5.41, 5.74) is 2.61. The molecule has 0 radical (unpaired) electrons. The van der Waals surface area contributed by atoms with E-state index in [2.05, 4.69) is 41.1 Å². The maximum absolute atomic E-state index is 5.82. The van der Waals surface area contributed by atoms with E-state index >= 15 is 0 Å². The number of hydrogen-bond acceptors (Lipinski definition) is 0. The van der Waals surface area contributed by atoms with Crippen molar-refractivity contribution in [1.29, 1.82) is 0 Å². The largest absolute Gasteiger partial charge is 0.122 e. The highest BCUT2D eigenvalue weighted by Gasteiger charge is 2.00. The zero-order chi connectivity index (χ0) is 8.97. The molecular weight excluding hydrogens is 235 g/mol. The number of benzene rings is 1. The monoisotopic (exact) mass is 246 g/mol. The molecule has 0 saturated heterocycles. The molecular formula is C10H12BrCl. The molecule has 1 aromatic carbocycles. The third-order valence-corrected chi connectivity index (χ3v) is 2.61. The molecule has 0 bridgehead atoms. The Morgan fingerprint density at radius 1 is 1.33 bits per heavy atom. The average Bonchev–Trinajstić information content (AvgIpc) is 2.08. The minimum atomic E-state index is 0.606. The molecule has 0 aliphatic carbocycles. The average molecular weight is 248 g/mol. The Labute approximate surface area is 87.1 Å². The van der Waals surface area contributed by atoms with Crippen LogP contribution >= 0.6 is 27.5 Å². The summed E-state index contributed by atoms with van der Waals surface area (Å²) in [6, 6.07) is 6.31. The molecule has 0 fully saturated rings. The summed E-state index contributed by atoms with van der Waals surface area (Å²) in [6.45, 7) is 2.18. The van der Waals surface area contributed by atoms with Crippen molar-refractivity contribution in [1.82, 2.24) is 0 Å². The van der Waals surface area contributed by atoms with Crippen LogP contribution in [-0.2, 0) is 12.3 Å². The highest BCUT2D eigenvalue weighted by molar-refractivity contribution is 9.10. The van der Waals surface area contributed by atoms with Crippen LogP contribution in [0.15, 0.2) is 22.7 Å². The van der Waals surface area contributed by atoms with E-state index in [1.807, 2.05) is 0 Å². The molecule has 0 unspecified atom stereocenters. The first-order chi connectivity index (χ1) is 5.77. The highest BCUT2D eigenvalue weighted by atomic mass is 79.9. The molecule has 0 spiro atoms. The van der Waals surface area contributed by atoms with Crippen molar-refractivity contribution >= 4 is 27.5 Å². The fourth-order valence-corrected chi connectivity index (χ4v) is 1.89. The van der Waals surface area contributed by atoms with E-state index in [0.29, 0.717) is 5.88 Å². The topological polar surface area (TPSA) is 0 Å². The van der Waals surface area contributed by atoms with Crippen molar-refractivity contribution in [2.24, 2.45) is 0 Å². The molecule has 0 saturated carbocycles. The number of rotatable bonds is 3. The van der Waals surface area contributed by atoms with Gasteiger partial charge in [0.2, 0.25) is 0 Å². The lowest BCUT2D eigenvalue weighted by atomic mass is 10.0. The molecule has 0 atom stereocenters. The predicted octanol–water partition coefficient (Wildman–Crippen LogP) is 4.14. The van der Waals surface area contributed by atoms with Gasteiger partial charge < -0.3 is 0 Å². The molecule has 0 amide bonds. The Hall–Kier alpha value is -0.0100. The Balaban J connectivity index is 2.94. The summed E-state index contributed by atoms with van der Waals surface area (Å²) in [6.07, 6.45) is 2.29. The van der Waals surface area contributed by atoms with Crippen LogP contribution < -0.4 is 0 Å². The van der Waals surface area contributed by atoms with Gasteiger partial charge in [0.25, 0.3) is 0 Å². The Bertz CT molecular complexity index is 258. The minimum Gasteiger partial charge on any atom is -0.122 e. The van der Waals surface area contributed by atoms with Crippen LogP contribution in [0.2, 0.25) is 0 Å². The Kier molecular flexibility index (Phi) is 4.10. The summed E-state index contributed by atoms with van der Waals surface area (Å²) >= 11 is 9.25. The lowest BCUT2D eigenvalue weighted by Crippen LogP contribution is -1.90. The fourth-order valence-electron chi connectivity index (χ4n) is 1.23. The molecule has 12 heavy (non-hydrogen) atoms. The van der Waals surface area contributed by atoms with E-state index in [1.165, 1.54) is 17.5 Å². The van der Waals surface area contributed by atoms with Crippen LogP contribution in [0.25, 0.3) is 0 Å². The van der Waals surface area contributed by atoms with Gasteiger partial charge in [-0.2, -0.15) is 0 Å². The first-order valence-electron chi connectivity index (χ1n) is 4.11. The van der Waals surface area contributed by atoms with E-state index in [-0.39, 0.29) is 0 Å². The van der Waals surface area contributed by atoms with Gasteiger partial charge in [0.05, 0.1) is 0 Å². The van der Waals surface area contributed by atoms with Crippen LogP contribution in [-0.4, -0.2) is 0 Å². The second-order valence-electron chi connectivity index (χ2n) is 2.80. The summed E-state index contributed by atoms with van der Waals surface area (Å²) < 4.78 is 1.11. The van der Waals surface area contributed by atoms with E-state index in [4.69, 9.17) is 11.6 Å². The molecule has 1 aromatic rings. The van der Waals surface area contributed by atoms with Gasteiger partial charge in [0.15, 0.2) is 0 Å². The van der Waals surface area contributed by atoms with Gasteiger partial charge in [0.1, 0.15) is 0 Å². The van der Waals surface area contributed by atoms with Crippen molar-refractivity contribution < 1.29 is 0 Å². The zero-order valence-corrected chi connectivity index (χ0v) is 9.45. The first-order valence-corrected chi connectivity index (χ1v) is 5.44. The van der Waals surface area contributed by atoms with Crippen molar-refractivity contribution in [2.45, 2.75) is 25.6 Å². The number of hydrogen-bond donors (Lipinski definition) is 0. The third-order valence-electron chi connectivity index (χ3n) is 1.83. The summed E-state index contributed by atoms with van der Waals surface area (Å²) in [5, 5.41) is 0. The summed E-state index contributed by atoms with van der Waals surface area (Å²) in [7, 11) is 0. The molecule has 2 heteroatoms. The van der Waals surface area contributed by atoms with Gasteiger partial charge in [-0.05, 0) is 29.7 Å². The SMILES string of the molecule is CCCc1ccc(Br)cc1CCl. The van der Waals surface area contributed by atoms with E-state index < -0.39 is 0 Å². The van der Waals surface area contributed by atoms with Gasteiger partial charge in [0, 0.05) is 10.4 Å². The van der Waals surface area contributed by atoms with Gasteiger partial charge in [-0.1, -0.05) is 35.3 Å². The minimum absolute atomic E-state index is 0.606. The standard InChI is InChI=1S/C10H12BrCl/c1-2-3-8-4-5-10(11)6-9(8)7-12/h4-6H,2-3,7H2,1H3. The lowest BCUT2D eigenvalue weighted by Gasteiger charge is -2.05. The summed E-state index contributed by atoms with van der Waals surface area (Å²) in [4.78, 5) is 0. The molecule has 0 N–H and O–H groups in total. The maximum atomic E-state index is 5.82. The van der Waals surface area contributed by atoms with E-state index in [1.54, 1.807) is 0 Å². The van der Waals surface area contributed by atoms with Gasteiger partial charge >= 0.3 is 0 Å². The Morgan fingerprint density at radius 3 is 2.67 bits per heavy atom. The number of alkyl halides is 1. The Morgan fingerprint density at radius 2 is 2.08 bits per heavy atom. The van der Waals surface area contributed by atoms with E-state index in [0.717, 1.165) is 10.9 Å². The second kappa shape index (κ2) is 4.88. The van der Waals surface area contributed by atoms with Crippen molar-refractivity contribution in [3.63, 3.8) is 0 Å². The lowest BCUT2D eigenvalue weighted by molar-refractivity contribution is 0.910. The maximum Gasteiger partial charge on any atom is 0.0477 e. The van der Waals surface area contributed by atoms with Crippen molar-refractivity contribution in [3.05, 3.63) is 33.8 Å². The fraction of sp³-hybridized carbons (Fsp3) is 0.400. The molecule has 66 valence electrons.